The van der Waals surface area contributed by atoms with Gasteiger partial charge in [0, 0.05) is 26.2 Å². The number of hydrogen-bond donors (Lipinski definition) is 2. The molecule has 1 unspecified atom stereocenters. The lowest BCUT2D eigenvalue weighted by atomic mass is 10.0. The maximum Gasteiger partial charge on any atom is 0.279 e. The van der Waals surface area contributed by atoms with Crippen molar-refractivity contribution in [2.45, 2.75) is 32.1 Å². The number of hydrogen-bond acceptors (Lipinski definition) is 4. The minimum atomic E-state index is -3.35. The second-order valence-electron chi connectivity index (χ2n) is 5.00. The van der Waals surface area contributed by atoms with Gasteiger partial charge in [0.25, 0.3) is 10.2 Å². The van der Waals surface area contributed by atoms with E-state index in [0.29, 0.717) is 19.6 Å². The van der Waals surface area contributed by atoms with Crippen molar-refractivity contribution in [3.05, 3.63) is 0 Å². The average molecular weight is 310 g/mol. The zero-order valence-corrected chi connectivity index (χ0v) is 13.3. The van der Waals surface area contributed by atoms with Crippen LogP contribution in [-0.2, 0) is 10.2 Å². The van der Waals surface area contributed by atoms with E-state index >= 15 is 0 Å². The van der Waals surface area contributed by atoms with Crippen LogP contribution in [0.25, 0.3) is 0 Å². The van der Waals surface area contributed by atoms with Gasteiger partial charge in [-0.15, -0.1) is 0 Å². The molecule has 1 aliphatic heterocycles. The Labute approximate surface area is 121 Å². The number of unbranched alkanes of at least 4 members (excludes halogenated alkanes) is 2. The average Bonchev–Trinajstić information content (AvgIpc) is 2.43. The SMILES string of the molecule is CSCCCCCNS(=O)(=O)N1CCCC(CO)C1. The van der Waals surface area contributed by atoms with Crippen molar-refractivity contribution in [3.8, 4) is 0 Å². The maximum atomic E-state index is 12.1. The van der Waals surface area contributed by atoms with Crippen molar-refractivity contribution >= 4 is 22.0 Å². The molecule has 0 saturated carbocycles. The monoisotopic (exact) mass is 310 g/mol. The van der Waals surface area contributed by atoms with E-state index in [1.54, 1.807) is 0 Å². The molecule has 1 fully saturated rings. The Hall–Kier alpha value is 0.180. The lowest BCUT2D eigenvalue weighted by Gasteiger charge is -2.30. The van der Waals surface area contributed by atoms with Crippen LogP contribution in [0.5, 0.6) is 0 Å². The van der Waals surface area contributed by atoms with Gasteiger partial charge in [-0.1, -0.05) is 6.42 Å². The summed E-state index contributed by atoms with van der Waals surface area (Å²) in [6.45, 7) is 1.59. The molecule has 0 aliphatic carbocycles. The van der Waals surface area contributed by atoms with E-state index in [-0.39, 0.29) is 12.5 Å². The fourth-order valence-corrected chi connectivity index (χ4v) is 4.09. The molecule has 1 heterocycles. The molecule has 2 N–H and O–H groups in total. The lowest BCUT2D eigenvalue weighted by molar-refractivity contribution is 0.165. The van der Waals surface area contributed by atoms with Gasteiger partial charge in [-0.05, 0) is 43.6 Å². The first-order chi connectivity index (χ1) is 9.10. The number of rotatable bonds is 9. The molecule has 0 radical (unpaired) electrons. The highest BCUT2D eigenvalue weighted by Gasteiger charge is 2.27. The van der Waals surface area contributed by atoms with E-state index in [4.69, 9.17) is 5.11 Å². The van der Waals surface area contributed by atoms with E-state index < -0.39 is 10.2 Å². The molecule has 1 atom stereocenters. The van der Waals surface area contributed by atoms with Crippen molar-refractivity contribution < 1.29 is 13.5 Å². The first kappa shape index (κ1) is 17.2. The highest BCUT2D eigenvalue weighted by atomic mass is 32.2. The van der Waals surface area contributed by atoms with Crippen molar-refractivity contribution in [2.75, 3.05) is 38.2 Å². The zero-order valence-electron chi connectivity index (χ0n) is 11.7. The van der Waals surface area contributed by atoms with Gasteiger partial charge in [0.1, 0.15) is 0 Å². The predicted molar refractivity (Wildman–Crippen MR) is 80.5 cm³/mol. The molecule has 1 saturated heterocycles. The summed E-state index contributed by atoms with van der Waals surface area (Å²) in [5, 5.41) is 9.13. The summed E-state index contributed by atoms with van der Waals surface area (Å²) in [5.41, 5.74) is 0. The molecule has 19 heavy (non-hydrogen) atoms. The fraction of sp³-hybridized carbons (Fsp3) is 1.00. The van der Waals surface area contributed by atoms with Gasteiger partial charge in [0.05, 0.1) is 0 Å². The summed E-state index contributed by atoms with van der Waals surface area (Å²) in [7, 11) is -3.35. The van der Waals surface area contributed by atoms with Crippen molar-refractivity contribution in [1.29, 1.82) is 0 Å². The third-order valence-electron chi connectivity index (χ3n) is 3.39. The zero-order chi connectivity index (χ0) is 14.1. The van der Waals surface area contributed by atoms with Gasteiger partial charge in [-0.2, -0.15) is 24.5 Å². The number of piperidine rings is 1. The molecule has 0 aromatic carbocycles. The molecule has 7 heteroatoms. The van der Waals surface area contributed by atoms with Crippen LogP contribution >= 0.6 is 11.8 Å². The van der Waals surface area contributed by atoms with Crippen LogP contribution in [0.3, 0.4) is 0 Å². The Balaban J connectivity index is 2.26. The molecule has 1 rings (SSSR count). The van der Waals surface area contributed by atoms with Crippen LogP contribution in [-0.4, -0.2) is 56.1 Å². The number of aliphatic hydroxyl groups is 1. The Morgan fingerprint density at radius 2 is 2.16 bits per heavy atom. The molecule has 0 spiro atoms. The summed E-state index contributed by atoms with van der Waals surface area (Å²) in [4.78, 5) is 0. The van der Waals surface area contributed by atoms with Crippen LogP contribution in [0.4, 0.5) is 0 Å². The Kier molecular flexibility index (Phi) is 8.32. The largest absolute Gasteiger partial charge is 0.396 e. The first-order valence-electron chi connectivity index (χ1n) is 6.94. The summed E-state index contributed by atoms with van der Waals surface area (Å²) >= 11 is 1.82. The van der Waals surface area contributed by atoms with Crippen LogP contribution in [0.1, 0.15) is 32.1 Å². The van der Waals surface area contributed by atoms with Crippen LogP contribution in [0, 0.1) is 5.92 Å². The summed E-state index contributed by atoms with van der Waals surface area (Å²) in [6, 6.07) is 0. The summed E-state index contributed by atoms with van der Waals surface area (Å²) in [6.07, 6.45) is 6.91. The predicted octanol–water partition coefficient (Wildman–Crippen LogP) is 1.06. The normalized spacial score (nSPS) is 21.7. The topological polar surface area (TPSA) is 69.6 Å². The fourth-order valence-electron chi connectivity index (χ4n) is 2.23. The Bertz CT molecular complexity index is 336. The minimum Gasteiger partial charge on any atom is -0.396 e. The van der Waals surface area contributed by atoms with Gasteiger partial charge < -0.3 is 5.11 Å². The van der Waals surface area contributed by atoms with Gasteiger partial charge in [-0.25, -0.2) is 4.72 Å². The van der Waals surface area contributed by atoms with Gasteiger partial charge in [-0.3, -0.25) is 0 Å². The third-order valence-corrected chi connectivity index (χ3v) is 5.67. The number of aliphatic hydroxyl groups excluding tert-OH is 1. The molecule has 0 aromatic rings. The number of nitrogens with zero attached hydrogens (tertiary/aromatic N) is 1. The lowest BCUT2D eigenvalue weighted by Crippen LogP contribution is -2.46. The third kappa shape index (κ3) is 6.44. The molecule has 1 aliphatic rings. The number of nitrogens with one attached hydrogen (secondary N) is 1. The molecule has 114 valence electrons. The molecular formula is C12H26N2O3S2. The molecular weight excluding hydrogens is 284 g/mol. The standard InChI is InChI=1S/C12H26N2O3S2/c1-18-9-4-2-3-7-13-19(16,17)14-8-5-6-12(10-14)11-15/h12-13,15H,2-11H2,1H3. The van der Waals surface area contributed by atoms with Crippen LogP contribution in [0.15, 0.2) is 0 Å². The van der Waals surface area contributed by atoms with Crippen molar-refractivity contribution in [1.82, 2.24) is 9.03 Å². The first-order valence-corrected chi connectivity index (χ1v) is 9.78. The Morgan fingerprint density at radius 1 is 1.37 bits per heavy atom. The molecule has 0 amide bonds. The van der Waals surface area contributed by atoms with E-state index in [2.05, 4.69) is 11.0 Å². The summed E-state index contributed by atoms with van der Waals surface area (Å²) < 4.78 is 28.3. The van der Waals surface area contributed by atoms with Gasteiger partial charge in [0.2, 0.25) is 0 Å². The minimum absolute atomic E-state index is 0.0701. The second-order valence-corrected chi connectivity index (χ2v) is 7.74. The van der Waals surface area contributed by atoms with E-state index in [1.165, 1.54) is 4.31 Å². The van der Waals surface area contributed by atoms with E-state index in [1.807, 2.05) is 11.8 Å². The Morgan fingerprint density at radius 3 is 2.84 bits per heavy atom. The number of thioether (sulfide) groups is 1. The van der Waals surface area contributed by atoms with Crippen LogP contribution < -0.4 is 4.72 Å². The van der Waals surface area contributed by atoms with Gasteiger partial charge in [0.15, 0.2) is 0 Å². The van der Waals surface area contributed by atoms with Gasteiger partial charge >= 0.3 is 0 Å². The smallest absolute Gasteiger partial charge is 0.279 e. The maximum absolute atomic E-state index is 12.1. The van der Waals surface area contributed by atoms with Crippen LogP contribution in [0.2, 0.25) is 0 Å². The van der Waals surface area contributed by atoms with E-state index in [0.717, 1.165) is 37.9 Å². The molecule has 0 aromatic heterocycles. The quantitative estimate of drug-likeness (QED) is 0.625. The second kappa shape index (κ2) is 9.18. The molecule has 5 nitrogen and oxygen atoms in total. The summed E-state index contributed by atoms with van der Waals surface area (Å²) in [5.74, 6) is 1.23. The highest BCUT2D eigenvalue weighted by Crippen LogP contribution is 2.17. The van der Waals surface area contributed by atoms with Crippen molar-refractivity contribution in [2.24, 2.45) is 5.92 Å². The van der Waals surface area contributed by atoms with E-state index in [9.17, 15) is 8.42 Å². The molecule has 0 bridgehead atoms. The van der Waals surface area contributed by atoms with Crippen molar-refractivity contribution in [3.63, 3.8) is 0 Å². The highest BCUT2D eigenvalue weighted by molar-refractivity contribution is 7.98.